The summed E-state index contributed by atoms with van der Waals surface area (Å²) in [5.74, 6) is 0. The Morgan fingerprint density at radius 2 is 2.40 bits per heavy atom. The lowest BCUT2D eigenvalue weighted by atomic mass is 10.7. The lowest BCUT2D eigenvalue weighted by Crippen LogP contribution is -1.74. The second-order valence-electron chi connectivity index (χ2n) is 0.609. The summed E-state index contributed by atoms with van der Waals surface area (Å²) in [5, 5.41) is 0. The Kier molecular flexibility index (Phi) is 4.50. The minimum Gasteiger partial charge on any atom is -0.335 e. The molecule has 0 aliphatic carbocycles. The predicted octanol–water partition coefficient (Wildman–Crippen LogP) is 1.46. The highest BCUT2D eigenvalue weighted by Crippen LogP contribution is 1.67. The van der Waals surface area contributed by atoms with Gasteiger partial charge in [-0.05, 0) is 6.92 Å². The standard InChI is InChI=1S/C3H6IN/c1-2-3-5-4/h2-3,5H,1H3/b3-2+. The summed E-state index contributed by atoms with van der Waals surface area (Å²) < 4.78 is 2.81. The van der Waals surface area contributed by atoms with E-state index in [1.807, 2.05) is 19.2 Å². The van der Waals surface area contributed by atoms with E-state index >= 15 is 0 Å². The van der Waals surface area contributed by atoms with E-state index in [1.54, 1.807) is 0 Å². The Bertz CT molecular complexity index is 33.9. The van der Waals surface area contributed by atoms with E-state index in [0.717, 1.165) is 0 Å². The van der Waals surface area contributed by atoms with Crippen molar-refractivity contribution in [3.8, 4) is 0 Å². The van der Waals surface area contributed by atoms with Crippen molar-refractivity contribution in [2.75, 3.05) is 0 Å². The van der Waals surface area contributed by atoms with Crippen LogP contribution < -0.4 is 3.53 Å². The zero-order chi connectivity index (χ0) is 4.12. The van der Waals surface area contributed by atoms with Crippen LogP contribution in [0.3, 0.4) is 0 Å². The first-order valence-corrected chi connectivity index (χ1v) is 2.47. The lowest BCUT2D eigenvalue weighted by molar-refractivity contribution is 1.46. The third-order valence-corrected chi connectivity index (χ3v) is 0.589. The maximum atomic E-state index is 2.81. The minimum atomic E-state index is 1.86. The number of rotatable bonds is 1. The molecule has 0 rings (SSSR count). The van der Waals surface area contributed by atoms with E-state index in [4.69, 9.17) is 0 Å². The van der Waals surface area contributed by atoms with Crippen molar-refractivity contribution in [2.45, 2.75) is 6.92 Å². The van der Waals surface area contributed by atoms with E-state index in [-0.39, 0.29) is 0 Å². The van der Waals surface area contributed by atoms with Gasteiger partial charge in [0.1, 0.15) is 0 Å². The van der Waals surface area contributed by atoms with Gasteiger partial charge in [-0.1, -0.05) is 6.08 Å². The van der Waals surface area contributed by atoms with E-state index in [0.29, 0.717) is 0 Å². The molecule has 0 atom stereocenters. The van der Waals surface area contributed by atoms with E-state index in [2.05, 4.69) is 26.4 Å². The molecule has 0 aromatic carbocycles. The molecule has 0 spiro atoms. The summed E-state index contributed by atoms with van der Waals surface area (Å²) in [4.78, 5) is 0. The number of hydrogen-bond donors (Lipinski definition) is 1. The molecule has 0 radical (unpaired) electrons. The molecule has 0 aliphatic heterocycles. The number of halogens is 1. The molecule has 0 heterocycles. The Hall–Kier alpha value is 0.270. The largest absolute Gasteiger partial charge is 0.335 e. The van der Waals surface area contributed by atoms with Crippen LogP contribution in [0.4, 0.5) is 0 Å². The maximum absolute atomic E-state index is 2.81. The molecule has 0 amide bonds. The van der Waals surface area contributed by atoms with E-state index in [1.165, 1.54) is 0 Å². The first-order valence-electron chi connectivity index (χ1n) is 1.39. The van der Waals surface area contributed by atoms with Crippen LogP contribution in [0.2, 0.25) is 0 Å². The normalized spacial score (nSPS) is 9.20. The van der Waals surface area contributed by atoms with Crippen LogP contribution in [0, 0.1) is 0 Å². The summed E-state index contributed by atoms with van der Waals surface area (Å²) in [6.45, 7) is 1.96. The van der Waals surface area contributed by atoms with Gasteiger partial charge in [0.2, 0.25) is 0 Å². The monoisotopic (exact) mass is 183 g/mol. The molecule has 5 heavy (non-hydrogen) atoms. The summed E-state index contributed by atoms with van der Waals surface area (Å²) in [5.41, 5.74) is 0. The molecule has 30 valence electrons. The van der Waals surface area contributed by atoms with Crippen LogP contribution in [-0.4, -0.2) is 0 Å². The van der Waals surface area contributed by atoms with Crippen LogP contribution in [0.1, 0.15) is 6.92 Å². The predicted molar refractivity (Wildman–Crippen MR) is 32.0 cm³/mol. The van der Waals surface area contributed by atoms with Gasteiger partial charge in [-0.2, -0.15) is 0 Å². The molecule has 0 aromatic heterocycles. The van der Waals surface area contributed by atoms with Crippen molar-refractivity contribution in [2.24, 2.45) is 0 Å². The first-order chi connectivity index (χ1) is 2.41. The molecular formula is C3H6IN. The van der Waals surface area contributed by atoms with Gasteiger partial charge in [-0.15, -0.1) is 0 Å². The van der Waals surface area contributed by atoms with Crippen molar-refractivity contribution in [1.29, 1.82) is 0 Å². The molecule has 0 saturated carbocycles. The molecule has 1 N–H and O–H groups in total. The highest BCUT2D eigenvalue weighted by Gasteiger charge is 1.48. The SMILES string of the molecule is C/C=C/NI. The molecule has 0 aliphatic rings. The summed E-state index contributed by atoms with van der Waals surface area (Å²) in [6.07, 6.45) is 3.80. The van der Waals surface area contributed by atoms with Crippen molar-refractivity contribution in [1.82, 2.24) is 3.53 Å². The molecule has 0 unspecified atom stereocenters. The molecule has 0 saturated heterocycles. The minimum absolute atomic E-state index is 1.86. The van der Waals surface area contributed by atoms with Gasteiger partial charge in [0.05, 0.1) is 22.9 Å². The summed E-state index contributed by atoms with van der Waals surface area (Å²) in [7, 11) is 0. The average Bonchev–Trinajstić information content (AvgIpc) is 1.41. The highest BCUT2D eigenvalue weighted by molar-refractivity contribution is 14.1. The van der Waals surface area contributed by atoms with Gasteiger partial charge in [0.15, 0.2) is 0 Å². The fraction of sp³-hybridized carbons (Fsp3) is 0.333. The van der Waals surface area contributed by atoms with Crippen molar-refractivity contribution in [3.05, 3.63) is 12.3 Å². The zero-order valence-electron chi connectivity index (χ0n) is 3.03. The third-order valence-electron chi connectivity index (χ3n) is 0.230. The highest BCUT2D eigenvalue weighted by atomic mass is 127. The van der Waals surface area contributed by atoms with Crippen molar-refractivity contribution < 1.29 is 0 Å². The third kappa shape index (κ3) is 4.27. The number of allylic oxidation sites excluding steroid dienone is 1. The smallest absolute Gasteiger partial charge is 0.0555 e. The first kappa shape index (κ1) is 5.27. The Labute approximate surface area is 45.9 Å². The van der Waals surface area contributed by atoms with Crippen molar-refractivity contribution >= 4 is 22.9 Å². The molecule has 1 nitrogen and oxygen atoms in total. The van der Waals surface area contributed by atoms with E-state index < -0.39 is 0 Å². The molecule has 0 aromatic rings. The zero-order valence-corrected chi connectivity index (χ0v) is 5.19. The number of hydrogen-bond acceptors (Lipinski definition) is 1. The molecule has 0 bridgehead atoms. The average molecular weight is 183 g/mol. The van der Waals surface area contributed by atoms with Crippen LogP contribution in [0.25, 0.3) is 0 Å². The van der Waals surface area contributed by atoms with Crippen LogP contribution >= 0.6 is 22.9 Å². The van der Waals surface area contributed by atoms with Crippen LogP contribution in [0.15, 0.2) is 12.3 Å². The molecular weight excluding hydrogens is 177 g/mol. The van der Waals surface area contributed by atoms with Crippen LogP contribution in [0.5, 0.6) is 0 Å². The van der Waals surface area contributed by atoms with Gasteiger partial charge in [0.25, 0.3) is 0 Å². The molecule has 2 heteroatoms. The summed E-state index contributed by atoms with van der Waals surface area (Å²) >= 11 is 2.05. The Balaban J connectivity index is 2.62. The Morgan fingerprint density at radius 1 is 1.80 bits per heavy atom. The Morgan fingerprint density at radius 3 is 2.40 bits per heavy atom. The second-order valence-corrected chi connectivity index (χ2v) is 1.23. The van der Waals surface area contributed by atoms with Crippen LogP contribution in [-0.2, 0) is 0 Å². The molecule has 0 fully saturated rings. The van der Waals surface area contributed by atoms with Gasteiger partial charge in [0, 0.05) is 6.20 Å². The summed E-state index contributed by atoms with van der Waals surface area (Å²) in [6, 6.07) is 0. The van der Waals surface area contributed by atoms with Gasteiger partial charge in [-0.25, -0.2) is 0 Å². The van der Waals surface area contributed by atoms with Crippen molar-refractivity contribution in [3.63, 3.8) is 0 Å². The van der Waals surface area contributed by atoms with E-state index in [9.17, 15) is 0 Å². The fourth-order valence-corrected chi connectivity index (χ4v) is 0.423. The lowest BCUT2D eigenvalue weighted by Gasteiger charge is -1.71. The second kappa shape index (κ2) is 4.27. The van der Waals surface area contributed by atoms with Gasteiger partial charge < -0.3 is 3.53 Å². The van der Waals surface area contributed by atoms with Gasteiger partial charge in [-0.3, -0.25) is 0 Å². The fourth-order valence-electron chi connectivity index (χ4n) is 0.0630. The van der Waals surface area contributed by atoms with Gasteiger partial charge >= 0.3 is 0 Å². The maximum Gasteiger partial charge on any atom is 0.0555 e. The topological polar surface area (TPSA) is 12.0 Å². The quantitative estimate of drug-likeness (QED) is 0.479. The number of nitrogens with one attached hydrogen (secondary N) is 1.